The highest BCUT2D eigenvalue weighted by atomic mass is 32.2. The highest BCUT2D eigenvalue weighted by molar-refractivity contribution is 8.00. The van der Waals surface area contributed by atoms with E-state index in [0.29, 0.717) is 26.2 Å². The Morgan fingerprint density at radius 3 is 1.22 bits per heavy atom. The highest BCUT2D eigenvalue weighted by Crippen LogP contribution is 2.48. The number of ether oxygens (including phenoxy) is 4. The van der Waals surface area contributed by atoms with Crippen LogP contribution in [0.1, 0.15) is 35.5 Å². The molecule has 4 aromatic carbocycles. The van der Waals surface area contributed by atoms with Crippen molar-refractivity contribution in [3.8, 4) is 11.5 Å². The summed E-state index contributed by atoms with van der Waals surface area (Å²) in [5.74, 6) is 0.106. The summed E-state index contributed by atoms with van der Waals surface area (Å²) in [4.78, 5) is 60.3. The second kappa shape index (κ2) is 20.6. The zero-order chi connectivity index (χ0) is 41.9. The normalized spacial score (nSPS) is 18.9. The molecule has 308 valence electrons. The Kier molecular flexibility index (Phi) is 15.7. The van der Waals surface area contributed by atoms with Crippen LogP contribution in [0.5, 0.6) is 11.5 Å². The van der Waals surface area contributed by atoms with Crippen LogP contribution in [-0.4, -0.2) is 114 Å². The maximum absolute atomic E-state index is 13.6. The van der Waals surface area contributed by atoms with Gasteiger partial charge in [0.05, 0.1) is 36.1 Å². The number of hydrogen-bond donors (Lipinski definition) is 0. The van der Waals surface area contributed by atoms with Gasteiger partial charge in [-0.25, -0.2) is 0 Å². The van der Waals surface area contributed by atoms with E-state index in [1.54, 1.807) is 47.5 Å². The van der Waals surface area contributed by atoms with E-state index >= 15 is 0 Å². The first-order chi connectivity index (χ1) is 27.8. The Morgan fingerprint density at radius 1 is 0.569 bits per heavy atom. The van der Waals surface area contributed by atoms with Crippen LogP contribution >= 0.6 is 23.5 Å². The van der Waals surface area contributed by atoms with Gasteiger partial charge in [0.25, 0.3) is 11.8 Å². The van der Waals surface area contributed by atoms with Crippen LogP contribution in [0.15, 0.2) is 107 Å². The Hall–Kier alpha value is -5.02. The van der Waals surface area contributed by atoms with Crippen molar-refractivity contribution in [3.63, 3.8) is 0 Å². The van der Waals surface area contributed by atoms with Gasteiger partial charge in [0, 0.05) is 49.8 Å². The van der Waals surface area contributed by atoms with E-state index in [1.165, 1.54) is 13.8 Å². The maximum Gasteiger partial charge on any atom is 0.303 e. The number of fused-ring (bicyclic) bond motifs is 2. The second-order valence-corrected chi connectivity index (χ2v) is 16.6. The molecule has 0 fully saturated rings. The Balaban J connectivity index is 0.000000221. The molecule has 4 aromatic rings. The number of benzene rings is 4. The molecule has 2 amide bonds. The van der Waals surface area contributed by atoms with E-state index in [4.69, 9.17) is 18.9 Å². The molecule has 0 radical (unpaired) electrons. The van der Waals surface area contributed by atoms with E-state index in [-0.39, 0.29) is 22.3 Å². The lowest BCUT2D eigenvalue weighted by Crippen LogP contribution is -2.45. The van der Waals surface area contributed by atoms with Crippen LogP contribution in [0.2, 0.25) is 0 Å². The van der Waals surface area contributed by atoms with Gasteiger partial charge in [-0.2, -0.15) is 0 Å². The summed E-state index contributed by atoms with van der Waals surface area (Å²) in [5.41, 5.74) is 3.49. The van der Waals surface area contributed by atoms with E-state index in [2.05, 4.69) is 0 Å². The van der Waals surface area contributed by atoms with Crippen molar-refractivity contribution in [1.82, 2.24) is 9.80 Å². The molecule has 0 saturated heterocycles. The molecule has 0 spiro atoms. The second-order valence-electron chi connectivity index (χ2n) is 14.2. The summed E-state index contributed by atoms with van der Waals surface area (Å²) in [5, 5.41) is -0.717. The van der Waals surface area contributed by atoms with Gasteiger partial charge in [-0.05, 0) is 87.8 Å². The van der Waals surface area contributed by atoms with Crippen molar-refractivity contribution in [2.45, 2.75) is 46.3 Å². The zero-order valence-electron chi connectivity index (χ0n) is 34.2. The summed E-state index contributed by atoms with van der Waals surface area (Å²) in [6.07, 6.45) is -1.83. The van der Waals surface area contributed by atoms with Gasteiger partial charge in [-0.3, -0.25) is 19.2 Å². The van der Waals surface area contributed by atoms with Gasteiger partial charge in [0.15, 0.2) is 12.2 Å². The number of anilines is 2. The molecule has 2 aliphatic rings. The lowest BCUT2D eigenvalue weighted by Gasteiger charge is -2.28. The number of thioether (sulfide) groups is 2. The molecule has 12 nitrogen and oxygen atoms in total. The van der Waals surface area contributed by atoms with Crippen LogP contribution in [0, 0.1) is 0 Å². The molecule has 2 aliphatic heterocycles. The number of nitrogens with zero attached hydrogens (tertiary/aromatic N) is 4. The van der Waals surface area contributed by atoms with Crippen LogP contribution < -0.4 is 19.3 Å². The van der Waals surface area contributed by atoms with Crippen molar-refractivity contribution in [3.05, 3.63) is 108 Å². The first kappa shape index (κ1) is 44.1. The first-order valence-electron chi connectivity index (χ1n) is 18.9. The molecule has 6 rings (SSSR count). The van der Waals surface area contributed by atoms with Crippen LogP contribution in [0.3, 0.4) is 0 Å². The average molecular weight is 829 g/mol. The standard InChI is InChI=1S/2C22H26N2O4S/c2*1-15(25)28-20-21(16-9-11-17(27-4)12-10-16)29-19-8-6-5-7-18(19)24(22(20)26)14-13-23(2)3/h2*5-12,20-21H,13-14H2,1-4H3/t2*20-,21+/m11/s1. The molecule has 0 N–H and O–H groups in total. The molecular weight excluding hydrogens is 777 g/mol. The minimum atomic E-state index is -0.916. The SMILES string of the molecule is COc1ccc([C@@H]2Sc3ccccc3N(CCN(C)C)C(=O)[C@@H]2OC(C)=O)cc1.COc1ccc([C@@H]2Sc3ccccc3N(CCN(C)C)C(=O)[C@@H]2OC(C)=O)cc1. The number of carbonyl (C=O) groups excluding carboxylic acids is 4. The average Bonchev–Trinajstić information content (AvgIpc) is 3.39. The molecule has 14 heteroatoms. The number of carbonyl (C=O) groups is 4. The number of methoxy groups -OCH3 is 2. The molecule has 0 saturated carbocycles. The van der Waals surface area contributed by atoms with Gasteiger partial charge in [-0.1, -0.05) is 48.5 Å². The molecule has 0 aliphatic carbocycles. The van der Waals surface area contributed by atoms with Crippen molar-refractivity contribution >= 4 is 58.7 Å². The third kappa shape index (κ3) is 11.1. The predicted octanol–water partition coefficient (Wildman–Crippen LogP) is 6.74. The van der Waals surface area contributed by atoms with Gasteiger partial charge in [0.2, 0.25) is 0 Å². The monoisotopic (exact) mass is 828 g/mol. The molecule has 0 aromatic heterocycles. The van der Waals surface area contributed by atoms with E-state index in [0.717, 1.165) is 43.8 Å². The number of hydrogen-bond acceptors (Lipinski definition) is 12. The summed E-state index contributed by atoms with van der Waals surface area (Å²) < 4.78 is 21.7. The third-order valence-corrected chi connectivity index (χ3v) is 12.1. The fourth-order valence-electron chi connectivity index (χ4n) is 6.48. The lowest BCUT2D eigenvalue weighted by atomic mass is 10.1. The van der Waals surface area contributed by atoms with Gasteiger partial charge in [-0.15, -0.1) is 23.5 Å². The zero-order valence-corrected chi connectivity index (χ0v) is 35.9. The lowest BCUT2D eigenvalue weighted by molar-refractivity contribution is -0.153. The molecule has 0 unspecified atom stereocenters. The molecule has 2 heterocycles. The highest BCUT2D eigenvalue weighted by Gasteiger charge is 2.42. The smallest absolute Gasteiger partial charge is 0.303 e. The third-order valence-electron chi connectivity index (χ3n) is 9.40. The molecular formula is C44H52N4O8S2. The van der Waals surface area contributed by atoms with Crippen molar-refractivity contribution in [1.29, 1.82) is 0 Å². The fraction of sp³-hybridized carbons (Fsp3) is 0.364. The Bertz CT molecular complexity index is 1880. The fourth-order valence-corrected chi connectivity index (χ4v) is 9.11. The topological polar surface area (TPSA) is 118 Å². The van der Waals surface area contributed by atoms with Gasteiger partial charge < -0.3 is 38.5 Å². The molecule has 58 heavy (non-hydrogen) atoms. The number of likely N-dealkylation sites (N-methyl/N-ethyl adjacent to an activating group) is 2. The van der Waals surface area contributed by atoms with Gasteiger partial charge in [0.1, 0.15) is 11.5 Å². The van der Waals surface area contributed by atoms with Gasteiger partial charge >= 0.3 is 11.9 Å². The number of amides is 2. The summed E-state index contributed by atoms with van der Waals surface area (Å²) >= 11 is 3.08. The quantitative estimate of drug-likeness (QED) is 0.141. The molecule has 0 bridgehead atoms. The van der Waals surface area contributed by atoms with Crippen LogP contribution in [0.4, 0.5) is 11.4 Å². The number of esters is 2. The van der Waals surface area contributed by atoms with E-state index < -0.39 is 24.1 Å². The Morgan fingerprint density at radius 2 is 0.914 bits per heavy atom. The first-order valence-corrected chi connectivity index (χ1v) is 20.6. The predicted molar refractivity (Wildman–Crippen MR) is 229 cm³/mol. The Labute approximate surface area is 349 Å². The molecule has 4 atom stereocenters. The summed E-state index contributed by atoms with van der Waals surface area (Å²) in [6.45, 7) is 5.10. The summed E-state index contributed by atoms with van der Waals surface area (Å²) in [6, 6.07) is 30.7. The van der Waals surface area contributed by atoms with Crippen molar-refractivity contribution in [2.75, 3.05) is 78.4 Å². The van der Waals surface area contributed by atoms with Crippen molar-refractivity contribution in [2.24, 2.45) is 0 Å². The minimum absolute atomic E-state index is 0.208. The largest absolute Gasteiger partial charge is 0.497 e. The van der Waals surface area contributed by atoms with E-state index in [9.17, 15) is 19.2 Å². The van der Waals surface area contributed by atoms with Crippen molar-refractivity contribution < 1.29 is 38.1 Å². The maximum atomic E-state index is 13.6. The minimum Gasteiger partial charge on any atom is -0.497 e. The number of para-hydroxylation sites is 2. The summed E-state index contributed by atoms with van der Waals surface area (Å²) in [7, 11) is 11.1. The van der Waals surface area contributed by atoms with Crippen LogP contribution in [-0.2, 0) is 28.7 Å². The van der Waals surface area contributed by atoms with E-state index in [1.807, 2.05) is 135 Å². The van der Waals surface area contributed by atoms with Crippen LogP contribution in [0.25, 0.3) is 0 Å². The number of rotatable bonds is 12.